The van der Waals surface area contributed by atoms with Gasteiger partial charge in [0, 0.05) is 0 Å². The van der Waals surface area contributed by atoms with Crippen molar-refractivity contribution in [3.63, 3.8) is 0 Å². The van der Waals surface area contributed by atoms with Crippen LogP contribution in [0.25, 0.3) is 0 Å². The van der Waals surface area contributed by atoms with Crippen molar-refractivity contribution in [2.75, 3.05) is 0 Å². The first-order valence-corrected chi connectivity index (χ1v) is 6.03. The lowest BCUT2D eigenvalue weighted by atomic mass is 9.83. The van der Waals surface area contributed by atoms with E-state index in [2.05, 4.69) is 12.1 Å². The quantitative estimate of drug-likeness (QED) is 0.737. The second kappa shape index (κ2) is 3.26. The highest BCUT2D eigenvalue weighted by molar-refractivity contribution is 5.37. The van der Waals surface area contributed by atoms with Gasteiger partial charge in [-0.15, -0.1) is 0 Å². The van der Waals surface area contributed by atoms with Crippen LogP contribution in [-0.2, 0) is 0 Å². The summed E-state index contributed by atoms with van der Waals surface area (Å²) in [5.41, 5.74) is 2.48. The monoisotopic (exact) mass is 202 g/mol. The predicted octanol–water partition coefficient (Wildman–Crippen LogP) is 3.60. The van der Waals surface area contributed by atoms with Gasteiger partial charge in [-0.05, 0) is 61.1 Å². The molecule has 15 heavy (non-hydrogen) atoms. The Hall–Kier alpha value is -0.980. The summed E-state index contributed by atoms with van der Waals surface area (Å²) in [7, 11) is 0. The Bertz CT molecular complexity index is 383. The largest absolute Gasteiger partial charge is 0.508 e. The number of phenolic OH excluding ortho intramolecular Hbond substituents is 1. The van der Waals surface area contributed by atoms with Crippen LogP contribution in [0.3, 0.4) is 0 Å². The predicted molar refractivity (Wildman–Crippen MR) is 61.0 cm³/mol. The van der Waals surface area contributed by atoms with Gasteiger partial charge in [-0.3, -0.25) is 0 Å². The Morgan fingerprint density at radius 2 is 2.07 bits per heavy atom. The van der Waals surface area contributed by atoms with Gasteiger partial charge in [0.15, 0.2) is 0 Å². The summed E-state index contributed by atoms with van der Waals surface area (Å²) in [5, 5.41) is 9.52. The highest BCUT2D eigenvalue weighted by Gasteiger charge is 2.40. The molecule has 3 atom stereocenters. The van der Waals surface area contributed by atoms with Crippen molar-refractivity contribution in [1.29, 1.82) is 0 Å². The fourth-order valence-electron chi connectivity index (χ4n) is 3.56. The first kappa shape index (κ1) is 9.26. The number of hydrogen-bond acceptors (Lipinski definition) is 1. The van der Waals surface area contributed by atoms with E-state index in [4.69, 9.17) is 0 Å². The molecule has 0 amide bonds. The van der Waals surface area contributed by atoms with Crippen LogP contribution in [0, 0.1) is 18.8 Å². The SMILES string of the molecule is Cc1cc([C@@H]2C[C@H]3CC[C@@H]2C3)ccc1O. The lowest BCUT2D eigenvalue weighted by Crippen LogP contribution is -2.08. The molecule has 80 valence electrons. The maximum atomic E-state index is 9.52. The van der Waals surface area contributed by atoms with Gasteiger partial charge in [-0.1, -0.05) is 18.6 Å². The molecule has 2 aliphatic carbocycles. The zero-order valence-corrected chi connectivity index (χ0v) is 9.24. The minimum Gasteiger partial charge on any atom is -0.508 e. The number of benzene rings is 1. The zero-order chi connectivity index (χ0) is 10.4. The van der Waals surface area contributed by atoms with Crippen molar-refractivity contribution in [2.45, 2.75) is 38.5 Å². The van der Waals surface area contributed by atoms with E-state index in [0.717, 1.165) is 23.3 Å². The van der Waals surface area contributed by atoms with Crippen molar-refractivity contribution >= 4 is 0 Å². The molecule has 1 aromatic carbocycles. The smallest absolute Gasteiger partial charge is 0.118 e. The number of hydrogen-bond donors (Lipinski definition) is 1. The molecule has 2 bridgehead atoms. The van der Waals surface area contributed by atoms with Gasteiger partial charge >= 0.3 is 0 Å². The lowest BCUT2D eigenvalue weighted by molar-refractivity contribution is 0.418. The van der Waals surface area contributed by atoms with E-state index in [1.54, 1.807) is 0 Å². The molecule has 0 aliphatic heterocycles. The third-order valence-electron chi connectivity index (χ3n) is 4.39. The van der Waals surface area contributed by atoms with Gasteiger partial charge in [0.05, 0.1) is 0 Å². The Kier molecular flexibility index (Phi) is 2.01. The zero-order valence-electron chi connectivity index (χ0n) is 9.24. The van der Waals surface area contributed by atoms with Crippen molar-refractivity contribution in [1.82, 2.24) is 0 Å². The van der Waals surface area contributed by atoms with Crippen LogP contribution in [0.4, 0.5) is 0 Å². The third-order valence-corrected chi connectivity index (χ3v) is 4.39. The third kappa shape index (κ3) is 1.45. The van der Waals surface area contributed by atoms with Gasteiger partial charge in [-0.2, -0.15) is 0 Å². The van der Waals surface area contributed by atoms with Gasteiger partial charge in [0.1, 0.15) is 5.75 Å². The summed E-state index contributed by atoms with van der Waals surface area (Å²) in [6.45, 7) is 1.99. The maximum Gasteiger partial charge on any atom is 0.118 e. The molecule has 1 aromatic rings. The van der Waals surface area contributed by atoms with Gasteiger partial charge in [-0.25, -0.2) is 0 Å². The number of rotatable bonds is 1. The number of aromatic hydroxyl groups is 1. The molecule has 0 unspecified atom stereocenters. The molecule has 1 heteroatoms. The average Bonchev–Trinajstić information content (AvgIpc) is 2.83. The van der Waals surface area contributed by atoms with Crippen LogP contribution in [0.2, 0.25) is 0 Å². The molecule has 0 heterocycles. The Morgan fingerprint density at radius 1 is 1.20 bits per heavy atom. The molecule has 0 radical (unpaired) electrons. The van der Waals surface area contributed by atoms with Gasteiger partial charge in [0.2, 0.25) is 0 Å². The second-order valence-electron chi connectivity index (χ2n) is 5.33. The average molecular weight is 202 g/mol. The van der Waals surface area contributed by atoms with Crippen molar-refractivity contribution in [3.05, 3.63) is 29.3 Å². The molecular weight excluding hydrogens is 184 g/mol. The highest BCUT2D eigenvalue weighted by Crippen LogP contribution is 2.53. The fraction of sp³-hybridized carbons (Fsp3) is 0.571. The van der Waals surface area contributed by atoms with Gasteiger partial charge < -0.3 is 5.11 Å². The van der Waals surface area contributed by atoms with E-state index in [1.807, 2.05) is 13.0 Å². The van der Waals surface area contributed by atoms with Crippen LogP contribution in [0.15, 0.2) is 18.2 Å². The van der Waals surface area contributed by atoms with Crippen LogP contribution < -0.4 is 0 Å². The van der Waals surface area contributed by atoms with Crippen LogP contribution in [0.1, 0.15) is 42.7 Å². The topological polar surface area (TPSA) is 20.2 Å². The molecule has 0 spiro atoms. The summed E-state index contributed by atoms with van der Waals surface area (Å²) < 4.78 is 0. The van der Waals surface area contributed by atoms with E-state index < -0.39 is 0 Å². The molecule has 1 nitrogen and oxygen atoms in total. The molecule has 1 N–H and O–H groups in total. The summed E-state index contributed by atoms with van der Waals surface area (Å²) in [6, 6.07) is 6.16. The molecule has 3 rings (SSSR count). The number of aryl methyl sites for hydroxylation is 1. The van der Waals surface area contributed by atoms with Crippen molar-refractivity contribution in [3.8, 4) is 5.75 Å². The summed E-state index contributed by atoms with van der Waals surface area (Å²) >= 11 is 0. The van der Waals surface area contributed by atoms with E-state index >= 15 is 0 Å². The number of phenols is 1. The highest BCUT2D eigenvalue weighted by atomic mass is 16.3. The second-order valence-corrected chi connectivity index (χ2v) is 5.33. The van der Waals surface area contributed by atoms with E-state index in [-0.39, 0.29) is 0 Å². The molecule has 2 saturated carbocycles. The lowest BCUT2D eigenvalue weighted by Gasteiger charge is -2.22. The first-order chi connectivity index (χ1) is 7.24. The Labute approximate surface area is 91.1 Å². The van der Waals surface area contributed by atoms with E-state index in [0.29, 0.717) is 5.75 Å². The molecule has 2 fully saturated rings. The van der Waals surface area contributed by atoms with E-state index in [9.17, 15) is 5.11 Å². The van der Waals surface area contributed by atoms with E-state index in [1.165, 1.54) is 31.2 Å². The van der Waals surface area contributed by atoms with Crippen molar-refractivity contribution < 1.29 is 5.11 Å². The van der Waals surface area contributed by atoms with Crippen LogP contribution in [-0.4, -0.2) is 5.11 Å². The molecule has 0 aromatic heterocycles. The summed E-state index contributed by atoms with van der Waals surface area (Å²) in [5.74, 6) is 3.14. The number of fused-ring (bicyclic) bond motifs is 2. The standard InChI is InChI=1S/C14H18O/c1-9-6-11(4-5-14(9)15)13-8-10-2-3-12(13)7-10/h4-6,10,12-13,15H,2-3,7-8H2,1H3/t10-,12+,13-/m0/s1. The molecule has 0 saturated heterocycles. The van der Waals surface area contributed by atoms with Gasteiger partial charge in [0.25, 0.3) is 0 Å². The normalized spacial score (nSPS) is 33.5. The first-order valence-electron chi connectivity index (χ1n) is 6.03. The fourth-order valence-corrected chi connectivity index (χ4v) is 3.56. The Balaban J connectivity index is 1.90. The minimum atomic E-state index is 0.432. The maximum absolute atomic E-state index is 9.52. The molecular formula is C14H18O. The summed E-state index contributed by atoms with van der Waals surface area (Å²) in [4.78, 5) is 0. The Morgan fingerprint density at radius 3 is 2.67 bits per heavy atom. The minimum absolute atomic E-state index is 0.432. The molecule has 2 aliphatic rings. The van der Waals surface area contributed by atoms with Crippen LogP contribution >= 0.6 is 0 Å². The van der Waals surface area contributed by atoms with Crippen molar-refractivity contribution in [2.24, 2.45) is 11.8 Å². The van der Waals surface area contributed by atoms with Crippen LogP contribution in [0.5, 0.6) is 5.75 Å². The summed E-state index contributed by atoms with van der Waals surface area (Å²) in [6.07, 6.45) is 5.72.